The summed E-state index contributed by atoms with van der Waals surface area (Å²) in [4.78, 5) is 37.1. The Morgan fingerprint density at radius 1 is 1.29 bits per heavy atom. The average molecular weight is 442 g/mol. The largest absolute Gasteiger partial charge is 0.319 e. The van der Waals surface area contributed by atoms with Crippen LogP contribution in [0.2, 0.25) is 5.02 Å². The molecule has 1 aromatic heterocycles. The number of pyridine rings is 1. The number of fused-ring (bicyclic) bond motifs is 2. The topological polar surface area (TPSA) is 68.8 Å². The van der Waals surface area contributed by atoms with Gasteiger partial charge in [0.1, 0.15) is 0 Å². The summed E-state index contributed by atoms with van der Waals surface area (Å²) in [6.07, 6.45) is 3.79. The van der Waals surface area contributed by atoms with Crippen molar-refractivity contribution >= 4 is 40.6 Å². The van der Waals surface area contributed by atoms with Crippen molar-refractivity contribution in [2.75, 3.05) is 42.9 Å². The van der Waals surface area contributed by atoms with Gasteiger partial charge in [-0.05, 0) is 62.8 Å². The molecule has 1 saturated heterocycles. The van der Waals surface area contributed by atoms with Gasteiger partial charge in [0.2, 0.25) is 5.91 Å². The lowest BCUT2D eigenvalue weighted by Crippen LogP contribution is -2.45. The van der Waals surface area contributed by atoms with Crippen molar-refractivity contribution in [2.45, 2.75) is 32.7 Å². The molecule has 31 heavy (non-hydrogen) atoms. The van der Waals surface area contributed by atoms with Gasteiger partial charge in [-0.3, -0.25) is 19.4 Å². The van der Waals surface area contributed by atoms with Crippen LogP contribution in [0.3, 0.4) is 0 Å². The number of anilines is 3. The number of halogens is 1. The van der Waals surface area contributed by atoms with Crippen molar-refractivity contribution in [3.63, 3.8) is 0 Å². The molecule has 2 aromatic rings. The number of nitrogens with zero attached hydrogens (tertiary/aromatic N) is 4. The predicted octanol–water partition coefficient (Wildman–Crippen LogP) is 3.77. The van der Waals surface area contributed by atoms with E-state index in [0.29, 0.717) is 33.8 Å². The summed E-state index contributed by atoms with van der Waals surface area (Å²) in [6, 6.07) is 8.82. The fraction of sp³-hybridized carbons (Fsp3) is 0.435. The monoisotopic (exact) mass is 441 g/mol. The number of nitrogens with one attached hydrogen (secondary N) is 1. The number of hydrogen-bond acceptors (Lipinski definition) is 5. The van der Waals surface area contributed by atoms with Gasteiger partial charge < -0.3 is 10.2 Å². The Bertz CT molecular complexity index is 978. The van der Waals surface area contributed by atoms with E-state index in [4.69, 9.17) is 11.6 Å². The zero-order valence-corrected chi connectivity index (χ0v) is 18.7. The Morgan fingerprint density at radius 2 is 2.10 bits per heavy atom. The van der Waals surface area contributed by atoms with E-state index in [1.54, 1.807) is 41.4 Å². The molecule has 0 aliphatic carbocycles. The van der Waals surface area contributed by atoms with E-state index in [1.165, 1.54) is 0 Å². The number of amides is 2. The van der Waals surface area contributed by atoms with Gasteiger partial charge in [-0.15, -0.1) is 0 Å². The summed E-state index contributed by atoms with van der Waals surface area (Å²) >= 11 is 6.25. The summed E-state index contributed by atoms with van der Waals surface area (Å²) in [6.45, 7) is 8.44. The lowest BCUT2D eigenvalue weighted by Gasteiger charge is -2.31. The SMILES string of the molecule is CCN(CC)CC1CCCN1CC(=O)N1c2cc(Cl)ccc2C(=O)Nc2cccnc21. The molecule has 2 aliphatic heterocycles. The first-order valence-corrected chi connectivity index (χ1v) is 11.2. The molecule has 1 N–H and O–H groups in total. The Hall–Kier alpha value is -2.48. The second-order valence-corrected chi connectivity index (χ2v) is 8.41. The standard InChI is InChI=1S/C23H28ClN5O2/c1-3-27(4-2)14-17-7-6-12-28(17)15-21(30)29-20-13-16(24)9-10-18(20)23(31)26-19-8-5-11-25-22(19)29/h5,8-11,13,17H,3-4,6-7,12,14-15H2,1-2H3,(H,26,31). The summed E-state index contributed by atoms with van der Waals surface area (Å²) in [7, 11) is 0. The number of rotatable bonds is 6. The Morgan fingerprint density at radius 3 is 2.87 bits per heavy atom. The second-order valence-electron chi connectivity index (χ2n) is 7.97. The van der Waals surface area contributed by atoms with Crippen LogP contribution >= 0.6 is 11.6 Å². The lowest BCUT2D eigenvalue weighted by molar-refractivity contribution is -0.119. The van der Waals surface area contributed by atoms with Crippen LogP contribution in [-0.4, -0.2) is 65.4 Å². The maximum absolute atomic E-state index is 13.7. The quantitative estimate of drug-likeness (QED) is 0.739. The number of carbonyl (C=O) groups excluding carboxylic acids is 2. The number of likely N-dealkylation sites (tertiary alicyclic amines) is 1. The van der Waals surface area contributed by atoms with Crippen LogP contribution in [0, 0.1) is 0 Å². The molecule has 164 valence electrons. The van der Waals surface area contributed by atoms with E-state index in [9.17, 15) is 9.59 Å². The van der Waals surface area contributed by atoms with Crippen LogP contribution in [0.5, 0.6) is 0 Å². The van der Waals surface area contributed by atoms with Gasteiger partial charge in [0, 0.05) is 23.8 Å². The van der Waals surface area contributed by atoms with Crippen LogP contribution in [0.15, 0.2) is 36.5 Å². The minimum absolute atomic E-state index is 0.119. The van der Waals surface area contributed by atoms with E-state index in [0.717, 1.165) is 39.0 Å². The number of likely N-dealkylation sites (N-methyl/N-ethyl adjacent to an activating group) is 1. The van der Waals surface area contributed by atoms with Crippen molar-refractivity contribution in [1.29, 1.82) is 0 Å². The smallest absolute Gasteiger partial charge is 0.257 e. The van der Waals surface area contributed by atoms with Gasteiger partial charge >= 0.3 is 0 Å². The highest BCUT2D eigenvalue weighted by Crippen LogP contribution is 2.38. The molecule has 4 rings (SSSR count). The molecule has 1 fully saturated rings. The molecular formula is C23H28ClN5O2. The van der Waals surface area contributed by atoms with E-state index in [-0.39, 0.29) is 18.4 Å². The fourth-order valence-electron chi connectivity index (χ4n) is 4.45. The number of carbonyl (C=O) groups is 2. The molecule has 2 amide bonds. The highest BCUT2D eigenvalue weighted by molar-refractivity contribution is 6.31. The van der Waals surface area contributed by atoms with E-state index in [1.807, 2.05) is 0 Å². The second kappa shape index (κ2) is 9.34. The van der Waals surface area contributed by atoms with Crippen LogP contribution in [0.4, 0.5) is 17.2 Å². The summed E-state index contributed by atoms with van der Waals surface area (Å²) in [5.41, 5.74) is 1.37. The third-order valence-corrected chi connectivity index (χ3v) is 6.38. The fourth-order valence-corrected chi connectivity index (χ4v) is 4.61. The maximum Gasteiger partial charge on any atom is 0.257 e. The Kier molecular flexibility index (Phi) is 6.55. The molecule has 8 heteroatoms. The lowest BCUT2D eigenvalue weighted by atomic mass is 10.1. The first kappa shape index (κ1) is 21.7. The molecule has 3 heterocycles. The van der Waals surface area contributed by atoms with Gasteiger partial charge in [-0.1, -0.05) is 25.4 Å². The summed E-state index contributed by atoms with van der Waals surface area (Å²) in [5, 5.41) is 3.33. The zero-order valence-electron chi connectivity index (χ0n) is 18.0. The van der Waals surface area contributed by atoms with E-state index < -0.39 is 0 Å². The van der Waals surface area contributed by atoms with Gasteiger partial charge in [0.05, 0.1) is 23.5 Å². The van der Waals surface area contributed by atoms with Crippen LogP contribution in [0.1, 0.15) is 37.0 Å². The van der Waals surface area contributed by atoms with Crippen LogP contribution < -0.4 is 10.2 Å². The molecular weight excluding hydrogens is 414 g/mol. The molecule has 1 aromatic carbocycles. The summed E-state index contributed by atoms with van der Waals surface area (Å²) in [5.74, 6) is 0.0181. The third kappa shape index (κ3) is 4.44. The first-order valence-electron chi connectivity index (χ1n) is 10.9. The van der Waals surface area contributed by atoms with Crippen molar-refractivity contribution in [1.82, 2.24) is 14.8 Å². The minimum atomic E-state index is -0.281. The molecule has 0 radical (unpaired) electrons. The molecule has 0 saturated carbocycles. The average Bonchev–Trinajstić information content (AvgIpc) is 3.14. The zero-order chi connectivity index (χ0) is 22.0. The van der Waals surface area contributed by atoms with Crippen molar-refractivity contribution < 1.29 is 9.59 Å². The third-order valence-electron chi connectivity index (χ3n) is 6.14. The Balaban J connectivity index is 1.67. The Labute approximate surface area is 188 Å². The van der Waals surface area contributed by atoms with Gasteiger partial charge in [-0.2, -0.15) is 0 Å². The number of hydrogen-bond donors (Lipinski definition) is 1. The highest BCUT2D eigenvalue weighted by Gasteiger charge is 2.34. The maximum atomic E-state index is 13.7. The van der Waals surface area contributed by atoms with E-state index >= 15 is 0 Å². The normalized spacial score (nSPS) is 18.5. The molecule has 0 bridgehead atoms. The highest BCUT2D eigenvalue weighted by atomic mass is 35.5. The van der Waals surface area contributed by atoms with Crippen LogP contribution in [-0.2, 0) is 4.79 Å². The molecule has 7 nitrogen and oxygen atoms in total. The number of benzene rings is 1. The van der Waals surface area contributed by atoms with Gasteiger partial charge in [0.15, 0.2) is 5.82 Å². The van der Waals surface area contributed by atoms with Gasteiger partial charge in [-0.25, -0.2) is 4.98 Å². The molecule has 0 spiro atoms. The predicted molar refractivity (Wildman–Crippen MR) is 123 cm³/mol. The number of aromatic nitrogens is 1. The van der Waals surface area contributed by atoms with Crippen molar-refractivity contribution in [3.05, 3.63) is 47.1 Å². The van der Waals surface area contributed by atoms with E-state index in [2.05, 4.69) is 33.9 Å². The molecule has 1 unspecified atom stereocenters. The van der Waals surface area contributed by atoms with Crippen molar-refractivity contribution in [2.24, 2.45) is 0 Å². The van der Waals surface area contributed by atoms with Crippen LogP contribution in [0.25, 0.3) is 0 Å². The van der Waals surface area contributed by atoms with Gasteiger partial charge in [0.25, 0.3) is 5.91 Å². The molecule has 1 atom stereocenters. The summed E-state index contributed by atoms with van der Waals surface area (Å²) < 4.78 is 0. The molecule has 2 aliphatic rings. The van der Waals surface area contributed by atoms with Crippen molar-refractivity contribution in [3.8, 4) is 0 Å². The minimum Gasteiger partial charge on any atom is -0.319 e. The first-order chi connectivity index (χ1) is 15.0.